The number of carbonyl (C=O) groups is 4. The van der Waals surface area contributed by atoms with Gasteiger partial charge in [0.25, 0.3) is 0 Å². The number of aliphatic hydroxyl groups is 5. The molecule has 2 amide bonds. The van der Waals surface area contributed by atoms with Crippen molar-refractivity contribution >= 4 is 29.8 Å². The average Bonchev–Trinajstić information content (AvgIpc) is 4.18. The van der Waals surface area contributed by atoms with Crippen LogP contribution < -0.4 is 5.32 Å². The molecule has 5 fully saturated rings. The second-order valence-corrected chi connectivity index (χ2v) is 18.0. The molecule has 7 rings (SSSR count). The van der Waals surface area contributed by atoms with Crippen molar-refractivity contribution in [2.75, 3.05) is 26.4 Å². The summed E-state index contributed by atoms with van der Waals surface area (Å²) in [4.78, 5) is 55.9. The molecule has 0 aromatic heterocycles. The van der Waals surface area contributed by atoms with Crippen LogP contribution in [-0.2, 0) is 42.8 Å². The molecule has 17 nitrogen and oxygen atoms in total. The number of carbonyl (C=O) groups excluding carboxylic acids is 4. The summed E-state index contributed by atoms with van der Waals surface area (Å²) in [6, 6.07) is 5.21. The molecule has 6 N–H and O–H groups in total. The van der Waals surface area contributed by atoms with Gasteiger partial charge >= 0.3 is 11.9 Å². The van der Waals surface area contributed by atoms with E-state index in [-0.39, 0.29) is 49.2 Å². The van der Waals surface area contributed by atoms with Crippen molar-refractivity contribution in [2.45, 2.75) is 151 Å². The van der Waals surface area contributed by atoms with Gasteiger partial charge in [0.05, 0.1) is 31.4 Å². The molecule has 1 aromatic rings. The number of nitrogens with zero attached hydrogens (tertiary/aromatic N) is 1. The molecule has 0 unspecified atom stereocenters. The van der Waals surface area contributed by atoms with Crippen LogP contribution in [0.1, 0.15) is 94.5 Å². The summed E-state index contributed by atoms with van der Waals surface area (Å²) in [6.45, 7) is 4.49. The Hall–Kier alpha value is -3.78. The van der Waals surface area contributed by atoms with Crippen LogP contribution >= 0.6 is 0 Å². The number of benzene rings is 1. The number of likely N-dealkylation sites (tertiary alicyclic amines) is 1. The quantitative estimate of drug-likeness (QED) is 0.128. The Morgan fingerprint density at radius 1 is 0.984 bits per heavy atom. The molecule has 2 saturated carbocycles. The van der Waals surface area contributed by atoms with Gasteiger partial charge < -0.3 is 64.2 Å². The lowest BCUT2D eigenvalue weighted by Gasteiger charge is -2.39. The maximum atomic E-state index is 14.4. The van der Waals surface area contributed by atoms with Crippen LogP contribution in [0.4, 0.5) is 0 Å². The maximum absolute atomic E-state index is 14.4. The minimum absolute atomic E-state index is 0.00234. The highest BCUT2D eigenvalue weighted by molar-refractivity contribution is 5.98. The molecule has 6 aliphatic rings. The van der Waals surface area contributed by atoms with Crippen molar-refractivity contribution in [3.05, 3.63) is 53.1 Å². The number of hydrogen-bond donors (Lipinski definition) is 6. The zero-order valence-corrected chi connectivity index (χ0v) is 34.9. The van der Waals surface area contributed by atoms with Gasteiger partial charge in [0.2, 0.25) is 11.8 Å². The van der Waals surface area contributed by atoms with Crippen molar-refractivity contribution in [3.63, 3.8) is 0 Å². The Kier molecular flexibility index (Phi) is 14.0. The zero-order valence-electron chi connectivity index (χ0n) is 34.9. The van der Waals surface area contributed by atoms with Crippen LogP contribution in [0.25, 0.3) is 6.08 Å². The summed E-state index contributed by atoms with van der Waals surface area (Å²) >= 11 is 0. The van der Waals surface area contributed by atoms with E-state index in [1.54, 1.807) is 63.3 Å². The number of esters is 2. The second kappa shape index (κ2) is 18.9. The van der Waals surface area contributed by atoms with Gasteiger partial charge in [0, 0.05) is 36.8 Å². The van der Waals surface area contributed by atoms with E-state index in [1.807, 2.05) is 0 Å². The van der Waals surface area contributed by atoms with Gasteiger partial charge in [0.15, 0.2) is 12.1 Å². The fourth-order valence-corrected chi connectivity index (χ4v) is 8.78. The number of aliphatic hydroxyl groups excluding tert-OH is 5. The first-order chi connectivity index (χ1) is 29.1. The largest absolute Gasteiger partial charge is 0.460 e. The minimum atomic E-state index is -1.59. The molecule has 17 heteroatoms. The van der Waals surface area contributed by atoms with Crippen molar-refractivity contribution < 1.29 is 73.1 Å². The van der Waals surface area contributed by atoms with Gasteiger partial charge in [-0.15, -0.1) is 0 Å². The molecule has 0 spiro atoms. The van der Waals surface area contributed by atoms with E-state index in [0.717, 1.165) is 25.7 Å². The van der Waals surface area contributed by atoms with Crippen LogP contribution in [-0.4, -0.2) is 153 Å². The van der Waals surface area contributed by atoms with E-state index in [4.69, 9.17) is 28.4 Å². The van der Waals surface area contributed by atoms with Crippen LogP contribution in [0, 0.1) is 11.8 Å². The van der Waals surface area contributed by atoms with Crippen molar-refractivity contribution in [3.8, 4) is 0 Å². The van der Waals surface area contributed by atoms with E-state index < -0.39 is 104 Å². The SMILES string of the molecule is CC(C)(C)OC(=O)CC[C@@H](CO)NC(=O)[C@H]1CCCN1C(=O)C1=C[C@H]2OC(C3CC3)(C3CC3)O[C@H]2[C@H](OC(=O)c2ccccc2C=CCO[C@H]2O[C@H](CO)[C@H](O)[C@H](O)[C@H]2O)C1. The molecule has 1 aromatic carbocycles. The third-order valence-electron chi connectivity index (χ3n) is 12.1. The first kappa shape index (κ1) is 45.3. The first-order valence-corrected chi connectivity index (χ1v) is 21.5. The third kappa shape index (κ3) is 10.4. The zero-order chi connectivity index (χ0) is 43.6. The standard InChI is InChI=1S/C44H60N2O15/c1-43(2,3)60-34(49)17-16-28(22-47)45-39(53)30-11-6-18-46(30)40(54)25-20-31(38-32(21-25)59-44(61-38,26-12-13-26)27-14-15-27)57-41(55)29-10-5-4-8-24(29)9-7-19-56-42-37(52)36(51)35(50)33(23-48)58-42/h4-5,7-10,21,26-28,30-33,35-38,42,47-48,50-52H,6,11-20,22-23H2,1-3H3,(H,45,53)/t28-,30+,31+,32+,33+,35-,36-,37+,38-,42-/m0/s1. The Morgan fingerprint density at radius 2 is 1.70 bits per heavy atom. The van der Waals surface area contributed by atoms with E-state index in [0.29, 0.717) is 30.5 Å². The topological polar surface area (TPSA) is 240 Å². The summed E-state index contributed by atoms with van der Waals surface area (Å²) in [6.07, 6.45) is 0.555. The number of amides is 2. The lowest BCUT2D eigenvalue weighted by Crippen LogP contribution is -2.59. The maximum Gasteiger partial charge on any atom is 0.339 e. The molecule has 3 aliphatic heterocycles. The Labute approximate surface area is 354 Å². The molecule has 3 aliphatic carbocycles. The number of fused-ring (bicyclic) bond motifs is 1. The highest BCUT2D eigenvalue weighted by atomic mass is 16.8. The van der Waals surface area contributed by atoms with Crippen LogP contribution in [0.5, 0.6) is 0 Å². The predicted octanol–water partition coefficient (Wildman–Crippen LogP) is 1.26. The normalized spacial score (nSPS) is 31.6. The smallest absolute Gasteiger partial charge is 0.339 e. The highest BCUT2D eigenvalue weighted by Crippen LogP contribution is 2.59. The molecule has 0 radical (unpaired) electrons. The Bertz CT molecular complexity index is 1810. The fraction of sp³-hybridized carbons (Fsp3) is 0.682. The van der Waals surface area contributed by atoms with Crippen LogP contribution in [0.2, 0.25) is 0 Å². The third-order valence-corrected chi connectivity index (χ3v) is 12.1. The van der Waals surface area contributed by atoms with Gasteiger partial charge in [-0.25, -0.2) is 4.79 Å². The molecular weight excluding hydrogens is 796 g/mol. The van der Waals surface area contributed by atoms with Gasteiger partial charge in [-0.3, -0.25) is 14.4 Å². The van der Waals surface area contributed by atoms with E-state index >= 15 is 0 Å². The monoisotopic (exact) mass is 856 g/mol. The summed E-state index contributed by atoms with van der Waals surface area (Å²) < 4.78 is 36.1. The van der Waals surface area contributed by atoms with E-state index in [9.17, 15) is 44.7 Å². The lowest BCUT2D eigenvalue weighted by atomic mass is 9.91. The fourth-order valence-electron chi connectivity index (χ4n) is 8.78. The van der Waals surface area contributed by atoms with E-state index in [2.05, 4.69) is 5.32 Å². The number of rotatable bonds is 16. The first-order valence-electron chi connectivity index (χ1n) is 21.5. The predicted molar refractivity (Wildman–Crippen MR) is 214 cm³/mol. The Balaban J connectivity index is 1.04. The molecule has 336 valence electrons. The van der Waals surface area contributed by atoms with Crippen molar-refractivity contribution in [2.24, 2.45) is 11.8 Å². The average molecular weight is 857 g/mol. The van der Waals surface area contributed by atoms with Gasteiger partial charge in [-0.2, -0.15) is 0 Å². The highest BCUT2D eigenvalue weighted by Gasteiger charge is 2.64. The van der Waals surface area contributed by atoms with Crippen molar-refractivity contribution in [1.29, 1.82) is 0 Å². The number of ether oxygens (including phenoxy) is 6. The van der Waals surface area contributed by atoms with Gasteiger partial charge in [-0.05, 0) is 83.4 Å². The minimum Gasteiger partial charge on any atom is -0.460 e. The lowest BCUT2D eigenvalue weighted by molar-refractivity contribution is -0.298. The van der Waals surface area contributed by atoms with Gasteiger partial charge in [0.1, 0.15) is 54.4 Å². The summed E-state index contributed by atoms with van der Waals surface area (Å²) in [5.74, 6) is -2.35. The molecule has 3 heterocycles. The molecule has 61 heavy (non-hydrogen) atoms. The number of nitrogens with one attached hydrogen (secondary N) is 1. The Morgan fingerprint density at radius 3 is 2.38 bits per heavy atom. The van der Waals surface area contributed by atoms with E-state index in [1.165, 1.54) is 4.90 Å². The molecule has 0 bridgehead atoms. The van der Waals surface area contributed by atoms with Crippen LogP contribution in [0.15, 0.2) is 42.0 Å². The summed E-state index contributed by atoms with van der Waals surface area (Å²) in [7, 11) is 0. The molecule has 3 saturated heterocycles. The molecule has 10 atom stereocenters. The number of hydrogen-bond acceptors (Lipinski definition) is 15. The summed E-state index contributed by atoms with van der Waals surface area (Å²) in [5, 5.41) is 52.8. The van der Waals surface area contributed by atoms with Crippen LogP contribution in [0.3, 0.4) is 0 Å². The second-order valence-electron chi connectivity index (χ2n) is 18.0. The molecular formula is C44H60N2O15. The van der Waals surface area contributed by atoms with Gasteiger partial charge in [-0.1, -0.05) is 30.4 Å². The van der Waals surface area contributed by atoms with Crippen molar-refractivity contribution in [1.82, 2.24) is 10.2 Å². The summed E-state index contributed by atoms with van der Waals surface area (Å²) in [5.41, 5.74) is 0.380.